The Labute approximate surface area is 190 Å². The van der Waals surface area contributed by atoms with E-state index in [1.165, 1.54) is 0 Å². The number of nitrogens with zero attached hydrogens (tertiary/aromatic N) is 1. The van der Waals surface area contributed by atoms with Gasteiger partial charge in [0, 0.05) is 18.2 Å². The Morgan fingerprint density at radius 2 is 1.91 bits per heavy atom. The zero-order chi connectivity index (χ0) is 22.3. The van der Waals surface area contributed by atoms with E-state index in [0.717, 1.165) is 62.1 Å². The molecule has 4 aliphatic carbocycles. The average molecular weight is 439 g/mol. The van der Waals surface area contributed by atoms with Gasteiger partial charge in [0.05, 0.1) is 16.9 Å². The van der Waals surface area contributed by atoms with E-state index in [4.69, 9.17) is 9.47 Å². The molecule has 1 aromatic carbocycles. The Kier molecular flexibility index (Phi) is 4.38. The van der Waals surface area contributed by atoms with Gasteiger partial charge in [0.25, 0.3) is 0 Å². The van der Waals surface area contributed by atoms with Gasteiger partial charge >= 0.3 is 0 Å². The summed E-state index contributed by atoms with van der Waals surface area (Å²) in [5.74, 6) is 3.50. The summed E-state index contributed by atoms with van der Waals surface area (Å²) in [4.78, 5) is 28.9. The molecular weight excluding hydrogens is 404 g/mol. The maximum absolute atomic E-state index is 13.5. The van der Waals surface area contributed by atoms with Crippen molar-refractivity contribution in [2.45, 2.75) is 71.4 Å². The van der Waals surface area contributed by atoms with Gasteiger partial charge in [0.1, 0.15) is 0 Å². The molecule has 0 aromatic heterocycles. The fourth-order valence-corrected chi connectivity index (χ4v) is 8.02. The number of ether oxygens (including phenoxy) is 2. The third-order valence-corrected chi connectivity index (χ3v) is 9.03. The fraction of sp³-hybridized carbons (Fsp3) is 0.692. The summed E-state index contributed by atoms with van der Waals surface area (Å²) in [7, 11) is 0. The summed E-state index contributed by atoms with van der Waals surface area (Å²) in [6.07, 6.45) is 6.13. The van der Waals surface area contributed by atoms with Gasteiger partial charge in [-0.1, -0.05) is 19.1 Å². The molecule has 2 aliphatic heterocycles. The minimum absolute atomic E-state index is 0.0148. The second-order valence-electron chi connectivity index (χ2n) is 11.4. The lowest BCUT2D eigenvalue weighted by atomic mass is 9.46. The number of rotatable bonds is 5. The van der Waals surface area contributed by atoms with Crippen LogP contribution in [0.5, 0.6) is 11.5 Å². The van der Waals surface area contributed by atoms with Crippen LogP contribution >= 0.6 is 0 Å². The molecule has 32 heavy (non-hydrogen) atoms. The van der Waals surface area contributed by atoms with Gasteiger partial charge in [-0.2, -0.15) is 0 Å². The van der Waals surface area contributed by atoms with Crippen molar-refractivity contribution < 1.29 is 19.1 Å². The molecule has 6 aliphatic rings. The van der Waals surface area contributed by atoms with Crippen molar-refractivity contribution in [1.82, 2.24) is 10.2 Å². The lowest BCUT2D eigenvalue weighted by Crippen LogP contribution is -2.71. The molecule has 6 nitrogen and oxygen atoms in total. The Morgan fingerprint density at radius 3 is 2.62 bits per heavy atom. The lowest BCUT2D eigenvalue weighted by Gasteiger charge is -2.66. The van der Waals surface area contributed by atoms with Crippen LogP contribution in [-0.2, 0) is 9.59 Å². The first-order chi connectivity index (χ1) is 15.4. The molecule has 2 heterocycles. The van der Waals surface area contributed by atoms with Crippen LogP contribution in [0, 0.1) is 28.6 Å². The molecule has 5 fully saturated rings. The van der Waals surface area contributed by atoms with Crippen LogP contribution in [0.15, 0.2) is 18.2 Å². The molecule has 0 radical (unpaired) electrons. The first-order valence-corrected chi connectivity index (χ1v) is 12.4. The number of likely N-dealkylation sites (tertiary alicyclic amines) is 1. The van der Waals surface area contributed by atoms with Gasteiger partial charge in [-0.3, -0.25) is 9.59 Å². The van der Waals surface area contributed by atoms with Gasteiger partial charge in [-0.25, -0.2) is 0 Å². The van der Waals surface area contributed by atoms with Crippen LogP contribution in [0.2, 0.25) is 0 Å². The molecule has 4 bridgehead atoms. The van der Waals surface area contributed by atoms with Crippen molar-refractivity contribution >= 4 is 11.8 Å². The van der Waals surface area contributed by atoms with E-state index >= 15 is 0 Å². The molecule has 3 atom stereocenters. The molecular formula is C26H34N2O4. The van der Waals surface area contributed by atoms with Crippen LogP contribution in [0.1, 0.15) is 70.9 Å². The standard InChI is InChI=1S/C26H34N2O4/c1-4-8-27-23(29)26-11-15-9-16(12-26)20(17(10-15)13-26)28-22(25(2,3)24(28)30)18-6-5-7-19-21(18)32-14-31-19/h5-7,15-17,20,22H,4,8-14H2,1-3H3,(H,27,29). The smallest absolute Gasteiger partial charge is 0.231 e. The highest BCUT2D eigenvalue weighted by Gasteiger charge is 2.66. The topological polar surface area (TPSA) is 67.9 Å². The highest BCUT2D eigenvalue weighted by Crippen LogP contribution is 2.65. The molecule has 1 aromatic rings. The quantitative estimate of drug-likeness (QED) is 0.705. The minimum atomic E-state index is -0.466. The van der Waals surface area contributed by atoms with Crippen molar-refractivity contribution in [3.8, 4) is 11.5 Å². The minimum Gasteiger partial charge on any atom is -0.454 e. The van der Waals surface area contributed by atoms with Crippen molar-refractivity contribution in [3.63, 3.8) is 0 Å². The van der Waals surface area contributed by atoms with Crippen molar-refractivity contribution in [2.75, 3.05) is 13.3 Å². The van der Waals surface area contributed by atoms with E-state index < -0.39 is 5.41 Å². The van der Waals surface area contributed by atoms with Crippen LogP contribution < -0.4 is 14.8 Å². The number of β-lactam (4-membered cyclic amide) rings is 1. The summed E-state index contributed by atoms with van der Waals surface area (Å²) < 4.78 is 11.5. The molecule has 1 N–H and O–H groups in total. The van der Waals surface area contributed by atoms with Gasteiger partial charge in [0.15, 0.2) is 11.5 Å². The van der Waals surface area contributed by atoms with Crippen LogP contribution in [0.25, 0.3) is 0 Å². The van der Waals surface area contributed by atoms with E-state index in [2.05, 4.69) is 37.1 Å². The van der Waals surface area contributed by atoms with Crippen LogP contribution in [0.3, 0.4) is 0 Å². The molecule has 7 rings (SSSR count). The number of fused-ring (bicyclic) bond motifs is 1. The third-order valence-electron chi connectivity index (χ3n) is 9.03. The highest BCUT2D eigenvalue weighted by molar-refractivity contribution is 5.91. The monoisotopic (exact) mass is 438 g/mol. The number of carbonyl (C=O) groups is 2. The lowest BCUT2D eigenvalue weighted by molar-refractivity contribution is -0.199. The Bertz CT molecular complexity index is 957. The zero-order valence-electron chi connectivity index (χ0n) is 19.4. The van der Waals surface area contributed by atoms with Gasteiger partial charge in [-0.05, 0) is 76.2 Å². The van der Waals surface area contributed by atoms with Gasteiger partial charge in [-0.15, -0.1) is 0 Å². The highest BCUT2D eigenvalue weighted by atomic mass is 16.7. The molecule has 172 valence electrons. The molecule has 1 saturated heterocycles. The number of amides is 2. The largest absolute Gasteiger partial charge is 0.454 e. The maximum atomic E-state index is 13.5. The number of nitrogens with one attached hydrogen (secondary N) is 1. The Hall–Kier alpha value is -2.24. The SMILES string of the molecule is CCCNC(=O)C12CC3CC(C1)C(N1C(=O)C(C)(C)C1c1cccc4c1OCO4)C(C3)C2. The summed E-state index contributed by atoms with van der Waals surface area (Å²) in [5, 5.41) is 3.20. The van der Waals surface area contributed by atoms with Crippen molar-refractivity contribution in [3.05, 3.63) is 23.8 Å². The van der Waals surface area contributed by atoms with E-state index in [1.807, 2.05) is 12.1 Å². The predicted octanol–water partition coefficient (Wildman–Crippen LogP) is 4.05. The van der Waals surface area contributed by atoms with E-state index in [9.17, 15) is 9.59 Å². The second-order valence-corrected chi connectivity index (χ2v) is 11.4. The number of benzene rings is 1. The predicted molar refractivity (Wildman–Crippen MR) is 119 cm³/mol. The molecule has 6 heteroatoms. The number of carbonyl (C=O) groups excluding carboxylic acids is 2. The number of para-hydroxylation sites is 1. The van der Waals surface area contributed by atoms with Gasteiger partial charge < -0.3 is 19.7 Å². The normalized spacial score (nSPS) is 38.0. The first kappa shape index (κ1) is 20.4. The number of hydrogen-bond donors (Lipinski definition) is 1. The second kappa shape index (κ2) is 6.88. The van der Waals surface area contributed by atoms with Crippen LogP contribution in [0.4, 0.5) is 0 Å². The van der Waals surface area contributed by atoms with E-state index in [-0.39, 0.29) is 36.1 Å². The Balaban J connectivity index is 1.33. The summed E-state index contributed by atoms with van der Waals surface area (Å²) in [6.45, 7) is 7.21. The number of hydrogen-bond acceptors (Lipinski definition) is 4. The molecule has 3 unspecified atom stereocenters. The summed E-state index contributed by atoms with van der Waals surface area (Å²) in [6, 6.07) is 6.24. The summed E-state index contributed by atoms with van der Waals surface area (Å²) in [5.41, 5.74) is 0.381. The van der Waals surface area contributed by atoms with Crippen molar-refractivity contribution in [2.24, 2.45) is 28.6 Å². The molecule has 0 spiro atoms. The summed E-state index contributed by atoms with van der Waals surface area (Å²) >= 11 is 0. The van der Waals surface area contributed by atoms with Crippen molar-refractivity contribution in [1.29, 1.82) is 0 Å². The molecule has 2 amide bonds. The fourth-order valence-electron chi connectivity index (χ4n) is 8.02. The Morgan fingerprint density at radius 1 is 1.16 bits per heavy atom. The van der Waals surface area contributed by atoms with E-state index in [0.29, 0.717) is 17.8 Å². The maximum Gasteiger partial charge on any atom is 0.231 e. The zero-order valence-corrected chi connectivity index (χ0v) is 19.4. The van der Waals surface area contributed by atoms with Crippen LogP contribution in [-0.4, -0.2) is 36.1 Å². The first-order valence-electron chi connectivity index (χ1n) is 12.4. The van der Waals surface area contributed by atoms with E-state index in [1.54, 1.807) is 0 Å². The third kappa shape index (κ3) is 2.64. The average Bonchev–Trinajstić information content (AvgIpc) is 3.25. The van der Waals surface area contributed by atoms with Gasteiger partial charge in [0.2, 0.25) is 18.6 Å². The molecule has 4 saturated carbocycles.